The number of aryl methyl sites for hydroxylation is 1. The van der Waals surface area contributed by atoms with E-state index in [0.717, 1.165) is 30.0 Å². The van der Waals surface area contributed by atoms with Gasteiger partial charge in [-0.3, -0.25) is 19.8 Å². The molecule has 1 aliphatic heterocycles. The molecule has 3 aromatic rings. The van der Waals surface area contributed by atoms with Crippen molar-refractivity contribution in [3.63, 3.8) is 0 Å². The molecule has 12 nitrogen and oxygen atoms in total. The Morgan fingerprint density at radius 2 is 1.97 bits per heavy atom. The van der Waals surface area contributed by atoms with Gasteiger partial charge >= 0.3 is 12.2 Å². The predicted octanol–water partition coefficient (Wildman–Crippen LogP) is 4.26. The standard InChI is InChI=1S/C24H31N7O5S/c1-24(2,3)36-23(35)27-14-7-6-11-31(12-9-14)21-15(13-26-30(21)4)28-19(32)17-18-16(8-5-10-25-18)37-20(17)29-22(33)34/h5,8,10,13-14,29H,6-7,9,11-12H2,1-4H3,(H,27,35)(H,28,32)(H,33,34). The fourth-order valence-corrected chi connectivity index (χ4v) is 5.38. The summed E-state index contributed by atoms with van der Waals surface area (Å²) < 4.78 is 7.78. The van der Waals surface area contributed by atoms with E-state index >= 15 is 0 Å². The highest BCUT2D eigenvalue weighted by atomic mass is 32.1. The number of carbonyl (C=O) groups is 3. The molecule has 0 bridgehead atoms. The van der Waals surface area contributed by atoms with Crippen LogP contribution in [0.25, 0.3) is 10.2 Å². The van der Waals surface area contributed by atoms with E-state index in [1.54, 1.807) is 36.3 Å². The Morgan fingerprint density at radius 3 is 2.70 bits per heavy atom. The fraction of sp³-hybridized carbons (Fsp3) is 0.458. The van der Waals surface area contributed by atoms with Gasteiger partial charge in [-0.25, -0.2) is 9.59 Å². The largest absolute Gasteiger partial charge is 0.465 e. The number of ether oxygens (including phenoxy) is 1. The number of aromatic nitrogens is 3. The minimum atomic E-state index is -1.26. The third-order valence-electron chi connectivity index (χ3n) is 5.80. The van der Waals surface area contributed by atoms with E-state index in [1.807, 2.05) is 20.8 Å². The lowest BCUT2D eigenvalue weighted by atomic mass is 10.1. The average molecular weight is 530 g/mol. The highest BCUT2D eigenvalue weighted by molar-refractivity contribution is 7.23. The molecule has 4 rings (SSSR count). The Hall–Kier alpha value is -3.87. The van der Waals surface area contributed by atoms with Gasteiger partial charge in [-0.2, -0.15) is 5.10 Å². The monoisotopic (exact) mass is 529 g/mol. The van der Waals surface area contributed by atoms with Crippen LogP contribution in [0.2, 0.25) is 0 Å². The highest BCUT2D eigenvalue weighted by Gasteiger charge is 2.27. The lowest BCUT2D eigenvalue weighted by Gasteiger charge is -2.25. The van der Waals surface area contributed by atoms with Gasteiger partial charge in [-0.1, -0.05) is 0 Å². The van der Waals surface area contributed by atoms with Crippen molar-refractivity contribution in [2.75, 3.05) is 28.6 Å². The maximum atomic E-state index is 13.4. The molecule has 0 radical (unpaired) electrons. The molecule has 1 aliphatic rings. The quantitative estimate of drug-likeness (QED) is 0.383. The number of nitrogens with zero attached hydrogens (tertiary/aromatic N) is 4. The number of amides is 3. The smallest absolute Gasteiger partial charge is 0.409 e. The van der Waals surface area contributed by atoms with Crippen molar-refractivity contribution in [2.45, 2.75) is 51.7 Å². The minimum absolute atomic E-state index is 0.0287. The second kappa shape index (κ2) is 10.6. The van der Waals surface area contributed by atoms with Crippen LogP contribution in [0.15, 0.2) is 24.5 Å². The second-order valence-corrected chi connectivity index (χ2v) is 10.9. The highest BCUT2D eigenvalue weighted by Crippen LogP contribution is 2.36. The molecule has 1 saturated heterocycles. The van der Waals surface area contributed by atoms with Crippen molar-refractivity contribution in [1.82, 2.24) is 20.1 Å². The van der Waals surface area contributed by atoms with Crippen LogP contribution in [0, 0.1) is 0 Å². The van der Waals surface area contributed by atoms with Crippen molar-refractivity contribution in [1.29, 1.82) is 0 Å². The first-order valence-electron chi connectivity index (χ1n) is 12.0. The van der Waals surface area contributed by atoms with Crippen LogP contribution in [0.4, 0.5) is 26.1 Å². The number of rotatable bonds is 5. The van der Waals surface area contributed by atoms with Gasteiger partial charge in [-0.05, 0) is 52.2 Å². The molecule has 1 fully saturated rings. The summed E-state index contributed by atoms with van der Waals surface area (Å²) in [5.41, 5.74) is 0.522. The predicted molar refractivity (Wildman–Crippen MR) is 142 cm³/mol. The van der Waals surface area contributed by atoms with Gasteiger partial charge in [0.1, 0.15) is 21.9 Å². The molecule has 0 aromatic carbocycles. The molecule has 13 heteroatoms. The van der Waals surface area contributed by atoms with Gasteiger partial charge in [0.2, 0.25) is 0 Å². The van der Waals surface area contributed by atoms with Crippen LogP contribution in [0.1, 0.15) is 50.4 Å². The summed E-state index contributed by atoms with van der Waals surface area (Å²) in [7, 11) is 1.80. The lowest BCUT2D eigenvalue weighted by molar-refractivity contribution is 0.0500. The number of nitrogens with one attached hydrogen (secondary N) is 3. The van der Waals surface area contributed by atoms with Crippen molar-refractivity contribution in [3.8, 4) is 0 Å². The van der Waals surface area contributed by atoms with Gasteiger partial charge in [0.05, 0.1) is 16.4 Å². The topological polar surface area (TPSA) is 151 Å². The number of carboxylic acid groups (broad SMARTS) is 1. The van der Waals surface area contributed by atoms with E-state index in [0.29, 0.717) is 35.4 Å². The molecule has 1 unspecified atom stereocenters. The van der Waals surface area contributed by atoms with Crippen molar-refractivity contribution < 1.29 is 24.2 Å². The van der Waals surface area contributed by atoms with Crippen molar-refractivity contribution in [2.24, 2.45) is 7.05 Å². The van der Waals surface area contributed by atoms with E-state index in [2.05, 4.69) is 30.9 Å². The number of alkyl carbamates (subject to hydrolysis) is 1. The molecular formula is C24H31N7O5S. The molecule has 0 aliphatic carbocycles. The number of pyridine rings is 1. The molecule has 3 amide bonds. The number of hydrogen-bond donors (Lipinski definition) is 4. The molecular weight excluding hydrogens is 498 g/mol. The van der Waals surface area contributed by atoms with Crippen molar-refractivity contribution in [3.05, 3.63) is 30.1 Å². The SMILES string of the molecule is Cn1ncc(NC(=O)c2c(NC(=O)O)sc3cccnc23)c1N1CCCC(NC(=O)OC(C)(C)C)CC1. The normalized spacial score (nSPS) is 16.2. The molecule has 3 aromatic heterocycles. The third kappa shape index (κ3) is 6.28. The first-order chi connectivity index (χ1) is 17.5. The molecule has 0 saturated carbocycles. The molecule has 1 atom stereocenters. The Kier molecular flexibility index (Phi) is 7.52. The van der Waals surface area contributed by atoms with Crippen LogP contribution in [-0.2, 0) is 11.8 Å². The number of thiophene rings is 1. The summed E-state index contributed by atoms with van der Waals surface area (Å²) in [5, 5.41) is 22.0. The zero-order valence-corrected chi connectivity index (χ0v) is 22.0. The fourth-order valence-electron chi connectivity index (χ4n) is 4.33. The zero-order valence-electron chi connectivity index (χ0n) is 21.2. The summed E-state index contributed by atoms with van der Waals surface area (Å²) in [6.45, 7) is 6.83. The Labute approximate surface area is 218 Å². The van der Waals surface area contributed by atoms with Crippen LogP contribution in [-0.4, -0.2) is 62.7 Å². The molecule has 4 N–H and O–H groups in total. The van der Waals surface area contributed by atoms with Crippen LogP contribution in [0.5, 0.6) is 0 Å². The summed E-state index contributed by atoms with van der Waals surface area (Å²) in [6.07, 6.45) is 3.76. The molecule has 37 heavy (non-hydrogen) atoms. The summed E-state index contributed by atoms with van der Waals surface area (Å²) in [5.74, 6) is 0.244. The maximum Gasteiger partial charge on any atom is 0.409 e. The lowest BCUT2D eigenvalue weighted by Crippen LogP contribution is -2.39. The van der Waals surface area contributed by atoms with Crippen LogP contribution < -0.4 is 20.9 Å². The minimum Gasteiger partial charge on any atom is -0.465 e. The zero-order chi connectivity index (χ0) is 26.7. The van der Waals surface area contributed by atoms with Gasteiger partial charge in [0.15, 0.2) is 5.82 Å². The van der Waals surface area contributed by atoms with Gasteiger partial charge in [0.25, 0.3) is 5.91 Å². The van der Waals surface area contributed by atoms with Crippen molar-refractivity contribution >= 4 is 56.2 Å². The van der Waals surface area contributed by atoms with E-state index < -0.39 is 23.7 Å². The number of hydrogen-bond acceptors (Lipinski definition) is 8. The van der Waals surface area contributed by atoms with Crippen LogP contribution in [0.3, 0.4) is 0 Å². The van der Waals surface area contributed by atoms with E-state index in [-0.39, 0.29) is 16.6 Å². The van der Waals surface area contributed by atoms with E-state index in [4.69, 9.17) is 4.74 Å². The van der Waals surface area contributed by atoms with E-state index in [1.165, 1.54) is 0 Å². The Morgan fingerprint density at radius 1 is 1.19 bits per heavy atom. The average Bonchev–Trinajstić information content (AvgIpc) is 3.24. The summed E-state index contributed by atoms with van der Waals surface area (Å²) >= 11 is 1.15. The van der Waals surface area contributed by atoms with E-state index in [9.17, 15) is 19.5 Å². The summed E-state index contributed by atoms with van der Waals surface area (Å²) in [6, 6.07) is 3.49. The van der Waals surface area contributed by atoms with Gasteiger partial charge in [0, 0.05) is 32.4 Å². The number of carbonyl (C=O) groups excluding carboxylic acids is 2. The van der Waals surface area contributed by atoms with Crippen LogP contribution >= 0.6 is 11.3 Å². The van der Waals surface area contributed by atoms with Gasteiger partial charge < -0.3 is 25.4 Å². The second-order valence-electron chi connectivity index (χ2n) is 9.81. The molecule has 0 spiro atoms. The first kappa shape index (κ1) is 26.2. The number of anilines is 3. The molecule has 4 heterocycles. The number of fused-ring (bicyclic) bond motifs is 1. The molecule has 198 valence electrons. The Bertz CT molecular complexity index is 1310. The van der Waals surface area contributed by atoms with Gasteiger partial charge in [-0.15, -0.1) is 11.3 Å². The third-order valence-corrected chi connectivity index (χ3v) is 6.86. The summed E-state index contributed by atoms with van der Waals surface area (Å²) in [4.78, 5) is 43.4. The Balaban J connectivity index is 1.51. The maximum absolute atomic E-state index is 13.4. The first-order valence-corrected chi connectivity index (χ1v) is 12.8.